The van der Waals surface area contributed by atoms with Crippen LogP contribution >= 0.6 is 24.4 Å². The van der Waals surface area contributed by atoms with Crippen LogP contribution in [0.5, 0.6) is 0 Å². The van der Waals surface area contributed by atoms with E-state index in [9.17, 15) is 0 Å². The Kier molecular flexibility index (Phi) is 31.2. The third-order valence-corrected chi connectivity index (χ3v) is 3.72. The summed E-state index contributed by atoms with van der Waals surface area (Å²) in [6.07, 6.45) is 15.1. The number of nitrogens with two attached hydrogens (primary N) is 2. The molecule has 0 atom stereocenters. The van der Waals surface area contributed by atoms with Crippen molar-refractivity contribution in [3.63, 3.8) is 0 Å². The summed E-state index contributed by atoms with van der Waals surface area (Å²) < 4.78 is 9.92. The molecule has 0 aromatic heterocycles. The second-order valence-corrected chi connectivity index (χ2v) is 6.68. The van der Waals surface area contributed by atoms with Gasteiger partial charge in [0, 0.05) is 19.5 Å². The summed E-state index contributed by atoms with van der Waals surface area (Å²) in [6.45, 7) is 5.80. The van der Waals surface area contributed by atoms with E-state index >= 15 is 0 Å². The van der Waals surface area contributed by atoms with Crippen LogP contribution in [0.3, 0.4) is 0 Å². The molecular formula is C18H38N2O2S2Zn. The van der Waals surface area contributed by atoms with Crippen LogP contribution in [0.25, 0.3) is 0 Å². The number of hydrogen-bond acceptors (Lipinski definition) is 4. The minimum absolute atomic E-state index is 0. The summed E-state index contributed by atoms with van der Waals surface area (Å²) in [5, 5.41) is 0.340. The first kappa shape index (κ1) is 29.8. The quantitative estimate of drug-likeness (QED) is 0.218. The zero-order valence-corrected chi connectivity index (χ0v) is 21.0. The van der Waals surface area contributed by atoms with Crippen LogP contribution in [0, 0.1) is 0 Å². The van der Waals surface area contributed by atoms with E-state index in [-0.39, 0.29) is 29.8 Å². The Labute approximate surface area is 178 Å². The molecule has 0 spiro atoms. The number of ether oxygens (including phenoxy) is 2. The first-order chi connectivity index (χ1) is 11.5. The van der Waals surface area contributed by atoms with Crippen molar-refractivity contribution in [1.82, 2.24) is 0 Å². The van der Waals surface area contributed by atoms with E-state index < -0.39 is 0 Å². The number of thiocarbonyl (C=S) groups is 2. The Morgan fingerprint density at radius 2 is 0.880 bits per heavy atom. The first-order valence-corrected chi connectivity index (χ1v) is 10.2. The van der Waals surface area contributed by atoms with Crippen molar-refractivity contribution in [3.8, 4) is 0 Å². The van der Waals surface area contributed by atoms with Crippen molar-refractivity contribution in [2.45, 2.75) is 90.9 Å². The first-order valence-electron chi connectivity index (χ1n) is 9.39. The van der Waals surface area contributed by atoms with Crippen LogP contribution < -0.4 is 11.5 Å². The molecule has 7 heteroatoms. The summed E-state index contributed by atoms with van der Waals surface area (Å²) >= 11 is 9.14. The molecule has 0 aliphatic rings. The molecule has 0 aliphatic heterocycles. The van der Waals surface area contributed by atoms with Gasteiger partial charge in [0.05, 0.1) is 13.2 Å². The van der Waals surface area contributed by atoms with Gasteiger partial charge in [0.25, 0.3) is 10.3 Å². The summed E-state index contributed by atoms with van der Waals surface area (Å²) in [6, 6.07) is 0. The van der Waals surface area contributed by atoms with E-state index in [1.54, 1.807) is 0 Å². The standard InChI is InChI=1S/2C9H19NOS.Zn/c2*1-2-3-4-5-6-7-8-11-9(10)12;/h2*2-8H2,1H3,(H2,10,12);. The third-order valence-electron chi connectivity index (χ3n) is 3.48. The van der Waals surface area contributed by atoms with E-state index in [1.165, 1.54) is 64.2 Å². The Bertz CT molecular complexity index is 268. The molecule has 4 N–H and O–H groups in total. The van der Waals surface area contributed by atoms with Gasteiger partial charge < -0.3 is 20.9 Å². The zero-order chi connectivity index (χ0) is 18.5. The van der Waals surface area contributed by atoms with Gasteiger partial charge in [-0.3, -0.25) is 0 Å². The Balaban J connectivity index is -0.000000372. The predicted octanol–water partition coefficient (Wildman–Crippen LogP) is 5.21. The molecule has 0 aromatic carbocycles. The van der Waals surface area contributed by atoms with Crippen LogP contribution in [0.15, 0.2) is 0 Å². The van der Waals surface area contributed by atoms with Crippen molar-refractivity contribution in [2.75, 3.05) is 13.2 Å². The van der Waals surface area contributed by atoms with E-state index in [4.69, 9.17) is 20.9 Å². The smallest absolute Gasteiger partial charge is 0.253 e. The average molecular weight is 444 g/mol. The summed E-state index contributed by atoms with van der Waals surface area (Å²) in [4.78, 5) is 0. The van der Waals surface area contributed by atoms with Crippen molar-refractivity contribution in [1.29, 1.82) is 0 Å². The van der Waals surface area contributed by atoms with Gasteiger partial charge in [-0.25, -0.2) is 0 Å². The fourth-order valence-corrected chi connectivity index (χ4v) is 2.28. The minimum atomic E-state index is 0. The van der Waals surface area contributed by atoms with Crippen LogP contribution in [-0.2, 0) is 29.0 Å². The van der Waals surface area contributed by atoms with Gasteiger partial charge >= 0.3 is 0 Å². The molecule has 0 fully saturated rings. The molecule has 0 radical (unpaired) electrons. The van der Waals surface area contributed by atoms with Crippen LogP contribution in [0.4, 0.5) is 0 Å². The monoisotopic (exact) mass is 442 g/mol. The molecule has 0 unspecified atom stereocenters. The van der Waals surface area contributed by atoms with Gasteiger partial charge in [-0.1, -0.05) is 78.1 Å². The van der Waals surface area contributed by atoms with E-state index in [0.29, 0.717) is 13.2 Å². The fourth-order valence-electron chi connectivity index (χ4n) is 2.11. The van der Waals surface area contributed by atoms with Crippen LogP contribution in [0.2, 0.25) is 0 Å². The van der Waals surface area contributed by atoms with E-state index in [2.05, 4.69) is 38.3 Å². The van der Waals surface area contributed by atoms with Gasteiger partial charge in [-0.15, -0.1) is 0 Å². The summed E-state index contributed by atoms with van der Waals surface area (Å²) in [7, 11) is 0. The third kappa shape index (κ3) is 35.9. The molecule has 0 rings (SSSR count). The molecule has 0 saturated heterocycles. The Hall–Kier alpha value is 0.00338. The normalized spacial score (nSPS) is 9.36. The molecule has 146 valence electrons. The zero-order valence-electron chi connectivity index (χ0n) is 16.4. The predicted molar refractivity (Wildman–Crippen MR) is 112 cm³/mol. The van der Waals surface area contributed by atoms with Gasteiger partial charge in [0.2, 0.25) is 0 Å². The maximum atomic E-state index is 5.16. The molecule has 0 heterocycles. The second kappa shape index (κ2) is 26.2. The molecule has 0 saturated carbocycles. The maximum absolute atomic E-state index is 5.16. The van der Waals surface area contributed by atoms with Crippen molar-refractivity contribution in [2.24, 2.45) is 11.5 Å². The Morgan fingerprint density at radius 3 is 1.16 bits per heavy atom. The number of hydrogen-bond donors (Lipinski definition) is 2. The van der Waals surface area contributed by atoms with Crippen LogP contribution in [0.1, 0.15) is 90.9 Å². The van der Waals surface area contributed by atoms with E-state index in [1.807, 2.05) is 0 Å². The van der Waals surface area contributed by atoms with Gasteiger partial charge in [0.1, 0.15) is 0 Å². The second-order valence-electron chi connectivity index (χ2n) is 5.87. The minimum Gasteiger partial charge on any atom is -0.471 e. The average Bonchev–Trinajstić information content (AvgIpc) is 2.53. The van der Waals surface area contributed by atoms with E-state index in [0.717, 1.165) is 12.8 Å². The number of unbranched alkanes of at least 4 members (excludes halogenated alkanes) is 10. The molecular weight excluding hydrogens is 406 g/mol. The van der Waals surface area contributed by atoms with Crippen LogP contribution in [-0.4, -0.2) is 23.6 Å². The molecule has 25 heavy (non-hydrogen) atoms. The van der Waals surface area contributed by atoms with Crippen molar-refractivity contribution >= 4 is 34.8 Å². The molecule has 0 aliphatic carbocycles. The summed E-state index contributed by atoms with van der Waals surface area (Å²) in [5.41, 5.74) is 10.3. The molecule has 0 aromatic rings. The summed E-state index contributed by atoms with van der Waals surface area (Å²) in [5.74, 6) is 0. The topological polar surface area (TPSA) is 70.5 Å². The largest absolute Gasteiger partial charge is 0.471 e. The number of rotatable bonds is 14. The van der Waals surface area contributed by atoms with Gasteiger partial charge in [0.15, 0.2) is 0 Å². The molecule has 0 amide bonds. The Morgan fingerprint density at radius 1 is 0.600 bits per heavy atom. The fraction of sp³-hybridized carbons (Fsp3) is 0.889. The van der Waals surface area contributed by atoms with Gasteiger partial charge in [-0.2, -0.15) is 0 Å². The molecule has 0 bridgehead atoms. The van der Waals surface area contributed by atoms with Crippen molar-refractivity contribution in [3.05, 3.63) is 0 Å². The molecule has 4 nitrogen and oxygen atoms in total. The van der Waals surface area contributed by atoms with Gasteiger partial charge in [-0.05, 0) is 37.3 Å². The van der Waals surface area contributed by atoms with Crippen molar-refractivity contribution < 1.29 is 29.0 Å². The SMILES string of the molecule is CCCCCCCCOC(N)=S.CCCCCCCCOC(N)=S.[Zn]. The maximum Gasteiger partial charge on any atom is 0.253 e.